The van der Waals surface area contributed by atoms with Gasteiger partial charge in [0.05, 0.1) is 6.42 Å². The summed E-state index contributed by atoms with van der Waals surface area (Å²) in [6, 6.07) is 4.25. The number of carbonyl (C=O) groups excluding carboxylic acids is 2. The molecule has 0 radical (unpaired) electrons. The van der Waals surface area contributed by atoms with Gasteiger partial charge in [0, 0.05) is 25.7 Å². The smallest absolute Gasteiger partial charge is 0.244 e. The Morgan fingerprint density at radius 2 is 2.17 bits per heavy atom. The first-order valence-electron chi connectivity index (χ1n) is 8.10. The van der Waals surface area contributed by atoms with Crippen molar-refractivity contribution in [1.29, 1.82) is 0 Å². The Hall–Kier alpha value is -1.95. The molecule has 1 atom stereocenters. The summed E-state index contributed by atoms with van der Waals surface area (Å²) in [4.78, 5) is 26.6. The number of carbonyl (C=O) groups is 2. The molecule has 1 saturated heterocycles. The van der Waals surface area contributed by atoms with Crippen molar-refractivity contribution in [2.24, 2.45) is 0 Å². The van der Waals surface area contributed by atoms with Crippen molar-refractivity contribution in [3.63, 3.8) is 0 Å². The summed E-state index contributed by atoms with van der Waals surface area (Å²) in [7, 11) is 0. The summed E-state index contributed by atoms with van der Waals surface area (Å²) in [6.45, 7) is 3.47. The van der Waals surface area contributed by atoms with Gasteiger partial charge in [-0.25, -0.2) is 4.39 Å². The predicted octanol–water partition coefficient (Wildman–Crippen LogP) is 0.756. The summed E-state index contributed by atoms with van der Waals surface area (Å²) in [5.74, 6) is -0.469. The van der Waals surface area contributed by atoms with Crippen LogP contribution in [0.4, 0.5) is 4.39 Å². The van der Waals surface area contributed by atoms with Crippen LogP contribution in [0.3, 0.4) is 0 Å². The first-order valence-corrected chi connectivity index (χ1v) is 8.10. The van der Waals surface area contributed by atoms with Crippen LogP contribution in [0.25, 0.3) is 0 Å². The third-order valence-electron chi connectivity index (χ3n) is 4.44. The van der Waals surface area contributed by atoms with Gasteiger partial charge < -0.3 is 15.5 Å². The molecule has 1 heterocycles. The second kappa shape index (κ2) is 6.66. The van der Waals surface area contributed by atoms with E-state index in [1.54, 1.807) is 17.9 Å². The molecule has 2 amide bonds. The van der Waals surface area contributed by atoms with Gasteiger partial charge in [0.15, 0.2) is 0 Å². The topological polar surface area (TPSA) is 61.4 Å². The molecule has 2 aliphatic rings. The standard InChI is InChI=1S/C17H22FN3O2/c1-11-8-13(18)3-2-12(11)9-16(22)21-7-6-19-10-15(21)17(23)20-14-4-5-14/h2-3,8,14-15,19H,4-7,9-10H2,1H3,(H,20,23)/t15-/m0/s1. The van der Waals surface area contributed by atoms with E-state index in [4.69, 9.17) is 0 Å². The molecule has 1 aliphatic heterocycles. The molecule has 0 spiro atoms. The summed E-state index contributed by atoms with van der Waals surface area (Å²) < 4.78 is 13.2. The summed E-state index contributed by atoms with van der Waals surface area (Å²) in [6.07, 6.45) is 2.24. The second-order valence-electron chi connectivity index (χ2n) is 6.34. The lowest BCUT2D eigenvalue weighted by atomic mass is 10.0. The van der Waals surface area contributed by atoms with E-state index in [1.165, 1.54) is 12.1 Å². The Bertz CT molecular complexity index is 616. The van der Waals surface area contributed by atoms with E-state index in [1.807, 2.05) is 0 Å². The van der Waals surface area contributed by atoms with Gasteiger partial charge in [-0.1, -0.05) is 6.07 Å². The number of hydrogen-bond donors (Lipinski definition) is 2. The highest BCUT2D eigenvalue weighted by Gasteiger charge is 2.34. The van der Waals surface area contributed by atoms with Gasteiger partial charge in [-0.2, -0.15) is 0 Å². The maximum Gasteiger partial charge on any atom is 0.244 e. The minimum atomic E-state index is -0.461. The lowest BCUT2D eigenvalue weighted by Gasteiger charge is -2.35. The van der Waals surface area contributed by atoms with Crippen LogP contribution in [0.1, 0.15) is 24.0 Å². The zero-order valence-corrected chi connectivity index (χ0v) is 13.3. The van der Waals surface area contributed by atoms with Gasteiger partial charge in [-0.3, -0.25) is 9.59 Å². The zero-order chi connectivity index (χ0) is 16.4. The molecule has 23 heavy (non-hydrogen) atoms. The Morgan fingerprint density at radius 3 is 2.87 bits per heavy atom. The van der Waals surface area contributed by atoms with E-state index < -0.39 is 6.04 Å². The fourth-order valence-corrected chi connectivity index (χ4v) is 2.88. The van der Waals surface area contributed by atoms with Crippen molar-refractivity contribution < 1.29 is 14.0 Å². The lowest BCUT2D eigenvalue weighted by molar-refractivity contribution is -0.141. The second-order valence-corrected chi connectivity index (χ2v) is 6.34. The highest BCUT2D eigenvalue weighted by molar-refractivity contribution is 5.89. The van der Waals surface area contributed by atoms with Crippen LogP contribution in [-0.2, 0) is 16.0 Å². The fourth-order valence-electron chi connectivity index (χ4n) is 2.88. The van der Waals surface area contributed by atoms with Gasteiger partial charge in [-0.05, 0) is 43.0 Å². The van der Waals surface area contributed by atoms with E-state index in [9.17, 15) is 14.0 Å². The molecule has 2 N–H and O–H groups in total. The Labute approximate surface area is 135 Å². The van der Waals surface area contributed by atoms with E-state index in [-0.39, 0.29) is 30.1 Å². The monoisotopic (exact) mass is 319 g/mol. The fraction of sp³-hybridized carbons (Fsp3) is 0.529. The number of aryl methyl sites for hydroxylation is 1. The summed E-state index contributed by atoms with van der Waals surface area (Å²) in [5.41, 5.74) is 1.56. The molecular weight excluding hydrogens is 297 g/mol. The predicted molar refractivity (Wildman–Crippen MR) is 84.4 cm³/mol. The molecule has 1 aliphatic carbocycles. The molecule has 2 fully saturated rings. The normalized spacial score (nSPS) is 21.1. The molecule has 0 bridgehead atoms. The maximum atomic E-state index is 13.2. The number of hydrogen-bond acceptors (Lipinski definition) is 3. The van der Waals surface area contributed by atoms with Crippen LogP contribution < -0.4 is 10.6 Å². The molecule has 0 unspecified atom stereocenters. The van der Waals surface area contributed by atoms with Crippen molar-refractivity contribution in [2.75, 3.05) is 19.6 Å². The minimum Gasteiger partial charge on any atom is -0.352 e. The van der Waals surface area contributed by atoms with Crippen molar-refractivity contribution in [3.05, 3.63) is 35.1 Å². The van der Waals surface area contributed by atoms with Crippen LogP contribution in [0, 0.1) is 12.7 Å². The highest BCUT2D eigenvalue weighted by atomic mass is 19.1. The molecule has 0 aromatic heterocycles. The number of rotatable bonds is 4. The first kappa shape index (κ1) is 15.9. The minimum absolute atomic E-state index is 0.0797. The van der Waals surface area contributed by atoms with Gasteiger partial charge in [0.2, 0.25) is 11.8 Å². The first-order chi connectivity index (χ1) is 11.0. The summed E-state index contributed by atoms with van der Waals surface area (Å²) >= 11 is 0. The Kier molecular flexibility index (Phi) is 4.61. The van der Waals surface area contributed by atoms with Crippen LogP contribution in [0.5, 0.6) is 0 Å². The van der Waals surface area contributed by atoms with Gasteiger partial charge >= 0.3 is 0 Å². The molecule has 1 aromatic rings. The van der Waals surface area contributed by atoms with Crippen LogP contribution in [0.2, 0.25) is 0 Å². The molecule has 6 heteroatoms. The maximum absolute atomic E-state index is 13.2. The lowest BCUT2D eigenvalue weighted by Crippen LogP contribution is -2.60. The van der Waals surface area contributed by atoms with E-state index in [0.29, 0.717) is 19.6 Å². The summed E-state index contributed by atoms with van der Waals surface area (Å²) in [5, 5.41) is 6.14. The average Bonchev–Trinajstić information content (AvgIpc) is 3.34. The van der Waals surface area contributed by atoms with Crippen LogP contribution in [-0.4, -0.2) is 48.4 Å². The van der Waals surface area contributed by atoms with Crippen LogP contribution >= 0.6 is 0 Å². The van der Waals surface area contributed by atoms with Crippen molar-refractivity contribution in [3.8, 4) is 0 Å². The quantitative estimate of drug-likeness (QED) is 0.861. The highest BCUT2D eigenvalue weighted by Crippen LogP contribution is 2.20. The largest absolute Gasteiger partial charge is 0.352 e. The number of amides is 2. The molecular formula is C17H22FN3O2. The Balaban J connectivity index is 1.68. The van der Waals surface area contributed by atoms with E-state index in [0.717, 1.165) is 24.0 Å². The van der Waals surface area contributed by atoms with E-state index in [2.05, 4.69) is 10.6 Å². The van der Waals surface area contributed by atoms with Crippen molar-refractivity contribution in [1.82, 2.24) is 15.5 Å². The van der Waals surface area contributed by atoms with Crippen molar-refractivity contribution in [2.45, 2.75) is 38.3 Å². The molecule has 1 aromatic carbocycles. The van der Waals surface area contributed by atoms with Gasteiger partial charge in [0.25, 0.3) is 0 Å². The van der Waals surface area contributed by atoms with Gasteiger partial charge in [-0.15, -0.1) is 0 Å². The zero-order valence-electron chi connectivity index (χ0n) is 13.3. The number of benzene rings is 1. The van der Waals surface area contributed by atoms with Crippen LogP contribution in [0.15, 0.2) is 18.2 Å². The Morgan fingerprint density at radius 1 is 1.39 bits per heavy atom. The molecule has 124 valence electrons. The molecule has 1 saturated carbocycles. The SMILES string of the molecule is Cc1cc(F)ccc1CC(=O)N1CCNC[C@H]1C(=O)NC1CC1. The van der Waals surface area contributed by atoms with E-state index >= 15 is 0 Å². The average molecular weight is 319 g/mol. The van der Waals surface area contributed by atoms with Gasteiger partial charge in [0.1, 0.15) is 11.9 Å². The molecule has 3 rings (SSSR count). The third-order valence-corrected chi connectivity index (χ3v) is 4.44. The number of nitrogens with zero attached hydrogens (tertiary/aromatic N) is 1. The third kappa shape index (κ3) is 3.88. The number of nitrogens with one attached hydrogen (secondary N) is 2. The van der Waals surface area contributed by atoms with Crippen molar-refractivity contribution >= 4 is 11.8 Å². The molecule has 5 nitrogen and oxygen atoms in total. The number of piperazine rings is 1. The number of halogens is 1.